The van der Waals surface area contributed by atoms with E-state index in [-0.39, 0.29) is 31.1 Å². The van der Waals surface area contributed by atoms with Gasteiger partial charge in [-0.3, -0.25) is 19.4 Å². The molecule has 0 radical (unpaired) electrons. The van der Waals surface area contributed by atoms with Gasteiger partial charge in [-0.05, 0) is 25.3 Å². The molecule has 0 bridgehead atoms. The predicted octanol–water partition coefficient (Wildman–Crippen LogP) is -2.54. The van der Waals surface area contributed by atoms with Crippen LogP contribution in [0.15, 0.2) is 35.3 Å². The van der Waals surface area contributed by atoms with Crippen LogP contribution in [0.1, 0.15) is 25.3 Å². The van der Waals surface area contributed by atoms with E-state index in [1.54, 1.807) is 30.3 Å². The number of aliphatic imine (C=N–C) groups is 1. The maximum absolute atomic E-state index is 12.8. The summed E-state index contributed by atoms with van der Waals surface area (Å²) in [5.74, 6) is -3.81. The largest absolute Gasteiger partial charge is 0.480 e. The fourth-order valence-electron chi connectivity index (χ4n) is 3.09. The smallest absolute Gasteiger partial charge is 0.326 e. The average molecular weight is 526 g/mol. The Morgan fingerprint density at radius 1 is 1.00 bits per heavy atom. The van der Waals surface area contributed by atoms with Gasteiger partial charge in [-0.1, -0.05) is 30.3 Å². The summed E-state index contributed by atoms with van der Waals surface area (Å²) in [6.45, 7) is 1.55. The summed E-state index contributed by atoms with van der Waals surface area (Å²) in [6.07, 6.45) is -0.685. The van der Waals surface area contributed by atoms with E-state index >= 15 is 0 Å². The Bertz CT molecular complexity index is 911. The van der Waals surface area contributed by atoms with E-state index in [9.17, 15) is 29.4 Å². The van der Waals surface area contributed by atoms with Crippen molar-refractivity contribution in [2.24, 2.45) is 22.2 Å². The van der Waals surface area contributed by atoms with Crippen LogP contribution in [-0.4, -0.2) is 82.4 Å². The number of guanidine groups is 1. The summed E-state index contributed by atoms with van der Waals surface area (Å²) in [5, 5.41) is 26.7. The molecule has 1 aromatic carbocycles. The lowest BCUT2D eigenvalue weighted by molar-refractivity contribution is -0.143. The number of nitrogens with one attached hydrogen (secondary N) is 3. The SMILES string of the molecule is CC(O)C(NC(=O)C(CS)NC(=O)C(N)CCCN=C(N)N)C(=O)NC(Cc1ccccc1)C(=O)O. The van der Waals surface area contributed by atoms with Gasteiger partial charge in [0.1, 0.15) is 18.1 Å². The van der Waals surface area contributed by atoms with E-state index in [4.69, 9.17) is 17.2 Å². The maximum Gasteiger partial charge on any atom is 0.326 e. The Balaban J connectivity index is 2.77. The van der Waals surface area contributed by atoms with Crippen LogP contribution in [0.2, 0.25) is 0 Å². The lowest BCUT2D eigenvalue weighted by Gasteiger charge is -2.26. The molecular weight excluding hydrogens is 490 g/mol. The van der Waals surface area contributed by atoms with Gasteiger partial charge < -0.3 is 43.4 Å². The highest BCUT2D eigenvalue weighted by atomic mass is 32.1. The number of benzene rings is 1. The van der Waals surface area contributed by atoms with Gasteiger partial charge in [-0.15, -0.1) is 0 Å². The maximum atomic E-state index is 12.8. The van der Waals surface area contributed by atoms with Crippen molar-refractivity contribution in [2.45, 2.75) is 56.5 Å². The summed E-state index contributed by atoms with van der Waals surface area (Å²) in [6, 6.07) is 3.76. The molecule has 0 aliphatic heterocycles. The first-order valence-corrected chi connectivity index (χ1v) is 11.9. The Hall–Kier alpha value is -3.36. The minimum atomic E-state index is -1.48. The molecule has 1 aromatic rings. The molecule has 13 nitrogen and oxygen atoms in total. The van der Waals surface area contributed by atoms with Crippen LogP contribution in [0, 0.1) is 0 Å². The van der Waals surface area contributed by atoms with Crippen molar-refractivity contribution in [2.75, 3.05) is 12.3 Å². The van der Waals surface area contributed by atoms with Gasteiger partial charge in [-0.2, -0.15) is 12.6 Å². The minimum Gasteiger partial charge on any atom is -0.480 e. The number of carbonyl (C=O) groups excluding carboxylic acids is 3. The number of aliphatic hydroxyl groups excluding tert-OH is 1. The zero-order chi connectivity index (χ0) is 27.3. The summed E-state index contributed by atoms with van der Waals surface area (Å²) in [5.41, 5.74) is 17.0. The van der Waals surface area contributed by atoms with Crippen LogP contribution in [0.5, 0.6) is 0 Å². The van der Waals surface area contributed by atoms with E-state index in [0.717, 1.165) is 0 Å². The number of hydrogen-bond donors (Lipinski definition) is 9. The second-order valence-electron chi connectivity index (χ2n) is 8.12. The number of amides is 3. The number of thiol groups is 1. The Labute approximate surface area is 214 Å². The summed E-state index contributed by atoms with van der Waals surface area (Å²) in [7, 11) is 0. The van der Waals surface area contributed by atoms with E-state index in [0.29, 0.717) is 12.0 Å². The van der Waals surface area contributed by atoms with Crippen molar-refractivity contribution in [3.8, 4) is 0 Å². The zero-order valence-corrected chi connectivity index (χ0v) is 20.9. The second-order valence-corrected chi connectivity index (χ2v) is 8.48. The van der Waals surface area contributed by atoms with Crippen LogP contribution < -0.4 is 33.2 Å². The number of nitrogens with two attached hydrogens (primary N) is 3. The number of aliphatic hydroxyl groups is 1. The third kappa shape index (κ3) is 10.9. The van der Waals surface area contributed by atoms with E-state index in [1.165, 1.54) is 6.92 Å². The fourth-order valence-corrected chi connectivity index (χ4v) is 3.35. The molecule has 0 aromatic heterocycles. The Kier molecular flexibility index (Phi) is 13.3. The molecule has 200 valence electrons. The quantitative estimate of drug-likeness (QED) is 0.0507. The second kappa shape index (κ2) is 15.6. The van der Waals surface area contributed by atoms with Gasteiger partial charge in [0.15, 0.2) is 5.96 Å². The molecule has 5 unspecified atom stereocenters. The van der Waals surface area contributed by atoms with Crippen LogP contribution in [0.3, 0.4) is 0 Å². The molecule has 5 atom stereocenters. The number of rotatable bonds is 15. The molecular formula is C22H35N7O6S. The van der Waals surface area contributed by atoms with Crippen LogP contribution in [0.25, 0.3) is 0 Å². The van der Waals surface area contributed by atoms with Gasteiger partial charge >= 0.3 is 5.97 Å². The fraction of sp³-hybridized carbons (Fsp3) is 0.500. The number of carboxylic acids is 1. The van der Waals surface area contributed by atoms with Crippen LogP contribution in [-0.2, 0) is 25.6 Å². The number of hydrogen-bond acceptors (Lipinski definition) is 8. The normalized spacial score (nSPS) is 14.9. The third-order valence-electron chi connectivity index (χ3n) is 5.08. The molecule has 14 heteroatoms. The molecule has 0 saturated heterocycles. The van der Waals surface area contributed by atoms with E-state index < -0.39 is 54.0 Å². The molecule has 3 amide bonds. The van der Waals surface area contributed by atoms with Crippen molar-refractivity contribution in [1.29, 1.82) is 0 Å². The van der Waals surface area contributed by atoms with Gasteiger partial charge in [-0.25, -0.2) is 4.79 Å². The highest BCUT2D eigenvalue weighted by molar-refractivity contribution is 7.80. The van der Waals surface area contributed by atoms with Crippen molar-refractivity contribution in [1.82, 2.24) is 16.0 Å². The molecule has 0 fully saturated rings. The minimum absolute atomic E-state index is 0.00121. The molecule has 36 heavy (non-hydrogen) atoms. The lowest BCUT2D eigenvalue weighted by atomic mass is 10.0. The van der Waals surface area contributed by atoms with Crippen LogP contribution in [0.4, 0.5) is 0 Å². The first-order chi connectivity index (χ1) is 17.0. The van der Waals surface area contributed by atoms with Gasteiger partial charge in [0.25, 0.3) is 0 Å². The number of carbonyl (C=O) groups is 4. The number of carboxylic acid groups (broad SMARTS) is 1. The molecule has 11 N–H and O–H groups in total. The summed E-state index contributed by atoms with van der Waals surface area (Å²) >= 11 is 4.07. The molecule has 1 rings (SSSR count). The molecule has 0 aliphatic rings. The van der Waals surface area contributed by atoms with E-state index in [2.05, 4.69) is 33.6 Å². The predicted molar refractivity (Wildman–Crippen MR) is 137 cm³/mol. The topological polar surface area (TPSA) is 235 Å². The number of nitrogens with zero attached hydrogens (tertiary/aromatic N) is 1. The van der Waals surface area contributed by atoms with Gasteiger partial charge in [0, 0.05) is 18.7 Å². The van der Waals surface area contributed by atoms with Gasteiger partial charge in [0.2, 0.25) is 17.7 Å². The first kappa shape index (κ1) is 30.7. The summed E-state index contributed by atoms with van der Waals surface area (Å²) < 4.78 is 0. The van der Waals surface area contributed by atoms with Crippen molar-refractivity contribution in [3.05, 3.63) is 35.9 Å². The van der Waals surface area contributed by atoms with Crippen molar-refractivity contribution >= 4 is 42.3 Å². The van der Waals surface area contributed by atoms with Crippen molar-refractivity contribution in [3.63, 3.8) is 0 Å². The summed E-state index contributed by atoms with van der Waals surface area (Å²) in [4.78, 5) is 53.3. The highest BCUT2D eigenvalue weighted by Gasteiger charge is 2.32. The third-order valence-corrected chi connectivity index (χ3v) is 5.44. The molecule has 0 saturated carbocycles. The first-order valence-electron chi connectivity index (χ1n) is 11.2. The van der Waals surface area contributed by atoms with Crippen molar-refractivity contribution < 1.29 is 29.4 Å². The Morgan fingerprint density at radius 2 is 1.61 bits per heavy atom. The van der Waals surface area contributed by atoms with E-state index in [1.807, 2.05) is 0 Å². The number of aliphatic carboxylic acids is 1. The Morgan fingerprint density at radius 3 is 2.14 bits per heavy atom. The molecule has 0 heterocycles. The van der Waals surface area contributed by atoms with Gasteiger partial charge in [0.05, 0.1) is 12.1 Å². The average Bonchev–Trinajstić information content (AvgIpc) is 2.82. The lowest BCUT2D eigenvalue weighted by Crippen LogP contribution is -2.60. The zero-order valence-electron chi connectivity index (χ0n) is 20.0. The van der Waals surface area contributed by atoms with Crippen LogP contribution >= 0.6 is 12.6 Å². The highest BCUT2D eigenvalue weighted by Crippen LogP contribution is 2.05. The molecule has 0 spiro atoms. The molecule has 0 aliphatic carbocycles. The standard InChI is InChI=1S/C22H35N7O6S/c1-12(30)17(20(33)27-15(21(34)35)10-13-6-3-2-4-7-13)29-19(32)16(11-36)28-18(31)14(23)8-5-9-26-22(24)25/h2-4,6-7,12,14-17,30,36H,5,8-11,23H2,1H3,(H,27,33)(H,28,31)(H,29,32)(H,34,35)(H4,24,25,26). The monoisotopic (exact) mass is 525 g/mol.